The second kappa shape index (κ2) is 9.46. The van der Waals surface area contributed by atoms with Gasteiger partial charge in [0.2, 0.25) is 0 Å². The molecule has 32 heavy (non-hydrogen) atoms. The summed E-state index contributed by atoms with van der Waals surface area (Å²) < 4.78 is 5.68. The van der Waals surface area contributed by atoms with E-state index in [1.807, 2.05) is 30.5 Å². The van der Waals surface area contributed by atoms with E-state index in [-0.39, 0.29) is 11.3 Å². The summed E-state index contributed by atoms with van der Waals surface area (Å²) in [4.78, 5) is 31.0. The van der Waals surface area contributed by atoms with Crippen LogP contribution in [0.4, 0.5) is 0 Å². The Morgan fingerprint density at radius 2 is 2.03 bits per heavy atom. The van der Waals surface area contributed by atoms with E-state index >= 15 is 0 Å². The maximum Gasteiger partial charge on any atom is 0.295 e. The molecule has 1 unspecified atom stereocenters. The normalized spacial score (nSPS) is 20.0. The largest absolute Gasteiger partial charge is 0.507 e. The van der Waals surface area contributed by atoms with Crippen LogP contribution < -0.4 is 4.74 Å². The quantitative estimate of drug-likeness (QED) is 0.387. The molecular weight excluding hydrogens is 424 g/mol. The van der Waals surface area contributed by atoms with Crippen LogP contribution in [0, 0.1) is 6.92 Å². The Bertz CT molecular complexity index is 1050. The molecule has 1 aromatic heterocycles. The van der Waals surface area contributed by atoms with Gasteiger partial charge in [-0.05, 0) is 73.6 Å². The topological polar surface area (TPSA) is 70.1 Å². The molecule has 4 rings (SSSR count). The first-order valence-electron chi connectivity index (χ1n) is 11.3. The van der Waals surface area contributed by atoms with Crippen LogP contribution in [0.1, 0.15) is 47.9 Å². The summed E-state index contributed by atoms with van der Waals surface area (Å²) in [5.74, 6) is -0.454. The summed E-state index contributed by atoms with van der Waals surface area (Å²) >= 11 is 1.51. The number of amides is 1. The van der Waals surface area contributed by atoms with Crippen molar-refractivity contribution in [2.45, 2.75) is 39.7 Å². The molecule has 2 aliphatic heterocycles. The minimum Gasteiger partial charge on any atom is -0.507 e. The molecule has 1 N–H and O–H groups in total. The van der Waals surface area contributed by atoms with E-state index in [1.54, 1.807) is 11.0 Å². The highest BCUT2D eigenvalue weighted by atomic mass is 32.1. The number of likely N-dealkylation sites (tertiary alicyclic amines) is 1. The summed E-state index contributed by atoms with van der Waals surface area (Å²) in [6.07, 6.45) is 1.78. The van der Waals surface area contributed by atoms with Crippen molar-refractivity contribution in [1.82, 2.24) is 9.80 Å². The maximum absolute atomic E-state index is 13.2. The molecule has 1 aromatic carbocycles. The Morgan fingerprint density at radius 3 is 2.72 bits per heavy atom. The fourth-order valence-corrected chi connectivity index (χ4v) is 5.55. The number of fused-ring (bicyclic) bond motifs is 1. The van der Waals surface area contributed by atoms with Gasteiger partial charge in [-0.25, -0.2) is 0 Å². The molecule has 2 aromatic rings. The van der Waals surface area contributed by atoms with Gasteiger partial charge in [-0.2, -0.15) is 0 Å². The van der Waals surface area contributed by atoms with Crippen LogP contribution in [0.15, 0.2) is 35.2 Å². The Labute approximate surface area is 193 Å². The van der Waals surface area contributed by atoms with Crippen LogP contribution >= 0.6 is 11.3 Å². The minimum atomic E-state index is -0.617. The van der Waals surface area contributed by atoms with Gasteiger partial charge in [-0.1, -0.05) is 13.8 Å². The average molecular weight is 455 g/mol. The second-order valence-corrected chi connectivity index (χ2v) is 9.21. The Morgan fingerprint density at radius 1 is 1.25 bits per heavy atom. The number of thiophene rings is 1. The predicted octanol–water partition coefficient (Wildman–Crippen LogP) is 4.15. The number of nitrogens with zero attached hydrogens (tertiary/aromatic N) is 2. The molecular formula is C25H30N2O4S. The van der Waals surface area contributed by atoms with Crippen LogP contribution in [0.25, 0.3) is 5.76 Å². The zero-order valence-corrected chi connectivity index (χ0v) is 19.7. The molecule has 0 bridgehead atoms. The summed E-state index contributed by atoms with van der Waals surface area (Å²) in [6.45, 7) is 9.69. The molecule has 1 atom stereocenters. The van der Waals surface area contributed by atoms with Gasteiger partial charge in [0.25, 0.3) is 11.7 Å². The number of ether oxygens (including phenoxy) is 1. The summed E-state index contributed by atoms with van der Waals surface area (Å²) in [5, 5.41) is 13.3. The fourth-order valence-electron chi connectivity index (χ4n) is 4.50. The molecule has 1 fully saturated rings. The summed E-state index contributed by atoms with van der Waals surface area (Å²) in [6, 6.07) is 6.90. The molecule has 7 heteroatoms. The molecule has 1 saturated heterocycles. The van der Waals surface area contributed by atoms with E-state index in [2.05, 4.69) is 18.7 Å². The Kier molecular flexibility index (Phi) is 6.67. The number of benzene rings is 1. The summed E-state index contributed by atoms with van der Waals surface area (Å²) in [7, 11) is 0. The zero-order chi connectivity index (χ0) is 22.8. The van der Waals surface area contributed by atoms with E-state index in [1.165, 1.54) is 11.3 Å². The molecule has 0 aliphatic carbocycles. The van der Waals surface area contributed by atoms with Gasteiger partial charge in [0.1, 0.15) is 11.5 Å². The van der Waals surface area contributed by atoms with E-state index in [9.17, 15) is 14.7 Å². The molecule has 170 valence electrons. The van der Waals surface area contributed by atoms with Gasteiger partial charge in [-0.15, -0.1) is 11.3 Å². The van der Waals surface area contributed by atoms with Crippen molar-refractivity contribution in [1.29, 1.82) is 0 Å². The number of carbonyl (C=O) groups is 2. The number of carbonyl (C=O) groups excluding carboxylic acids is 2. The Balaban J connectivity index is 1.77. The molecule has 1 amide bonds. The predicted molar refractivity (Wildman–Crippen MR) is 126 cm³/mol. The molecule has 0 saturated carbocycles. The zero-order valence-electron chi connectivity index (χ0n) is 18.9. The smallest absolute Gasteiger partial charge is 0.295 e. The first-order valence-corrected chi connectivity index (χ1v) is 12.1. The number of ketones is 1. The number of aliphatic hydroxyl groups excluding tert-OH is 1. The number of hydrogen-bond acceptors (Lipinski definition) is 6. The van der Waals surface area contributed by atoms with E-state index in [4.69, 9.17) is 4.74 Å². The van der Waals surface area contributed by atoms with Crippen LogP contribution in [-0.4, -0.2) is 59.4 Å². The third kappa shape index (κ3) is 4.07. The fraction of sp³-hybridized carbons (Fsp3) is 0.440. The first kappa shape index (κ1) is 22.6. The summed E-state index contributed by atoms with van der Waals surface area (Å²) in [5.41, 5.74) is 2.76. The lowest BCUT2D eigenvalue weighted by atomic mass is 9.96. The third-order valence-corrected chi connectivity index (χ3v) is 7.49. The highest BCUT2D eigenvalue weighted by Crippen LogP contribution is 2.43. The first-order chi connectivity index (χ1) is 15.5. The number of hydrogen-bond donors (Lipinski definition) is 1. The highest BCUT2D eigenvalue weighted by Gasteiger charge is 2.47. The van der Waals surface area contributed by atoms with Gasteiger partial charge in [0.15, 0.2) is 0 Å². The molecule has 0 radical (unpaired) electrons. The third-order valence-electron chi connectivity index (χ3n) is 6.42. The van der Waals surface area contributed by atoms with Crippen molar-refractivity contribution in [2.24, 2.45) is 0 Å². The lowest BCUT2D eigenvalue weighted by Gasteiger charge is -2.28. The average Bonchev–Trinajstić information content (AvgIpc) is 3.34. The lowest BCUT2D eigenvalue weighted by Crippen LogP contribution is -2.37. The van der Waals surface area contributed by atoms with Gasteiger partial charge in [0.05, 0.1) is 18.2 Å². The van der Waals surface area contributed by atoms with E-state index in [0.29, 0.717) is 25.3 Å². The van der Waals surface area contributed by atoms with Gasteiger partial charge >= 0.3 is 0 Å². The van der Waals surface area contributed by atoms with E-state index < -0.39 is 17.7 Å². The van der Waals surface area contributed by atoms with Crippen molar-refractivity contribution >= 4 is 28.8 Å². The monoisotopic (exact) mass is 454 g/mol. The van der Waals surface area contributed by atoms with Crippen LogP contribution in [0.3, 0.4) is 0 Å². The number of aliphatic hydroxyl groups is 1. The van der Waals surface area contributed by atoms with Crippen molar-refractivity contribution in [3.8, 4) is 5.75 Å². The van der Waals surface area contributed by atoms with Crippen LogP contribution in [-0.2, 0) is 16.0 Å². The number of Topliss-reactive ketones (excluding diaryl/α,β-unsaturated/α-hetero) is 1. The van der Waals surface area contributed by atoms with Crippen molar-refractivity contribution < 1.29 is 19.4 Å². The molecule has 2 aliphatic rings. The van der Waals surface area contributed by atoms with Gasteiger partial charge in [-0.3, -0.25) is 9.59 Å². The minimum absolute atomic E-state index is 0.111. The highest BCUT2D eigenvalue weighted by molar-refractivity contribution is 7.10. The molecule has 3 heterocycles. The van der Waals surface area contributed by atoms with Crippen LogP contribution in [0.2, 0.25) is 0 Å². The SMILES string of the molecule is CCN(CC)CCN1C(=O)C(=O)/C(=C(\O)c2ccc3c(c2)CCCO3)C1c1sccc1C. The number of rotatable bonds is 7. The van der Waals surface area contributed by atoms with Crippen molar-refractivity contribution in [3.63, 3.8) is 0 Å². The number of aryl methyl sites for hydroxylation is 2. The van der Waals surface area contributed by atoms with Crippen molar-refractivity contribution in [2.75, 3.05) is 32.8 Å². The van der Waals surface area contributed by atoms with Crippen molar-refractivity contribution in [3.05, 3.63) is 56.8 Å². The maximum atomic E-state index is 13.2. The number of likely N-dealkylation sites (N-methyl/N-ethyl adjacent to an activating group) is 1. The molecule has 6 nitrogen and oxygen atoms in total. The molecule has 0 spiro atoms. The second-order valence-electron chi connectivity index (χ2n) is 8.26. The Hall–Kier alpha value is -2.64. The van der Waals surface area contributed by atoms with Gasteiger partial charge in [0, 0.05) is 23.5 Å². The standard InChI is InChI=1S/C25H30N2O4S/c1-4-26(5-2)11-12-27-21(24-16(3)10-14-32-24)20(23(29)25(27)30)22(28)18-8-9-19-17(15-18)7-6-13-31-19/h8-10,14-15,21,28H,4-7,11-13H2,1-3H3/b22-20-. The van der Waals surface area contributed by atoms with Gasteiger partial charge < -0.3 is 19.6 Å². The van der Waals surface area contributed by atoms with E-state index in [0.717, 1.165) is 47.7 Å². The van der Waals surface area contributed by atoms with Crippen LogP contribution in [0.5, 0.6) is 5.75 Å². The lowest BCUT2D eigenvalue weighted by molar-refractivity contribution is -0.140.